The molecule has 0 bridgehead atoms. The molecule has 0 aromatic heterocycles. The van der Waals surface area contributed by atoms with Gasteiger partial charge in [-0.05, 0) is 30.2 Å². The Balaban J connectivity index is 1.64. The van der Waals surface area contributed by atoms with E-state index in [1.807, 2.05) is 30.3 Å². The minimum atomic E-state index is -0.751. The van der Waals surface area contributed by atoms with Gasteiger partial charge in [-0.3, -0.25) is 9.59 Å². The predicted octanol–water partition coefficient (Wildman–Crippen LogP) is 3.80. The lowest BCUT2D eigenvalue weighted by Gasteiger charge is -2.58. The fraction of sp³-hybridized carbons (Fsp3) is 0.478. The lowest BCUT2D eigenvalue weighted by atomic mass is 9.43. The number of Topliss-reactive ketones (excluding diaryl/α,β-unsaturated/α-hetero) is 1. The van der Waals surface area contributed by atoms with Crippen molar-refractivity contribution in [2.75, 3.05) is 13.7 Å². The second kappa shape index (κ2) is 5.88. The van der Waals surface area contributed by atoms with E-state index in [4.69, 9.17) is 4.74 Å². The summed E-state index contributed by atoms with van der Waals surface area (Å²) in [7, 11) is 1.43. The van der Waals surface area contributed by atoms with Crippen LogP contribution in [-0.4, -0.2) is 25.4 Å². The summed E-state index contributed by atoms with van der Waals surface area (Å²) in [5, 5.41) is 12.0. The van der Waals surface area contributed by atoms with E-state index in [0.717, 1.165) is 34.6 Å². The van der Waals surface area contributed by atoms with Crippen LogP contribution in [0, 0.1) is 10.8 Å². The van der Waals surface area contributed by atoms with E-state index >= 15 is 0 Å². The van der Waals surface area contributed by atoms with Crippen molar-refractivity contribution in [1.29, 1.82) is 0 Å². The average molecular weight is 391 g/mol. The molecule has 2 heterocycles. The maximum Gasteiger partial charge on any atom is 0.316 e. The van der Waals surface area contributed by atoms with Crippen molar-refractivity contribution in [3.05, 3.63) is 58.6 Å². The molecular formula is C23H25N3O3. The first-order chi connectivity index (χ1) is 13.8. The number of allylic oxidation sites excluding steroid dienone is 2. The van der Waals surface area contributed by atoms with E-state index in [1.165, 1.54) is 7.11 Å². The number of hydrogen-bond donors (Lipinski definition) is 1. The minimum Gasteiger partial charge on any atom is -0.468 e. The number of hydrogen-bond acceptors (Lipinski definition) is 6. The molecule has 2 aliphatic carbocycles. The molecule has 1 fully saturated rings. The number of carbonyl (C=O) groups excluding carboxylic acids is 2. The molecule has 29 heavy (non-hydrogen) atoms. The Labute approximate surface area is 170 Å². The summed E-state index contributed by atoms with van der Waals surface area (Å²) in [6.07, 6.45) is 2.35. The highest BCUT2D eigenvalue weighted by Crippen LogP contribution is 2.67. The van der Waals surface area contributed by atoms with E-state index in [2.05, 4.69) is 29.4 Å². The van der Waals surface area contributed by atoms with Gasteiger partial charge in [-0.1, -0.05) is 44.2 Å². The highest BCUT2D eigenvalue weighted by atomic mass is 16.5. The van der Waals surface area contributed by atoms with Crippen LogP contribution in [0.5, 0.6) is 0 Å². The molecule has 2 aliphatic heterocycles. The molecule has 1 aromatic rings. The van der Waals surface area contributed by atoms with Crippen LogP contribution in [0.3, 0.4) is 0 Å². The second-order valence-corrected chi connectivity index (χ2v) is 9.52. The molecule has 0 amide bonds. The minimum absolute atomic E-state index is 0.0967. The first-order valence-electron chi connectivity index (χ1n) is 10.1. The van der Waals surface area contributed by atoms with E-state index in [1.54, 1.807) is 0 Å². The Bertz CT molecular complexity index is 1010. The van der Waals surface area contributed by atoms with Gasteiger partial charge in [0.15, 0.2) is 11.6 Å². The molecule has 150 valence electrons. The number of nitrogens with zero attached hydrogens (tertiary/aromatic N) is 2. The van der Waals surface area contributed by atoms with Crippen LogP contribution in [0.4, 0.5) is 0 Å². The number of azo groups is 1. The number of ether oxygens (including phenoxy) is 1. The lowest BCUT2D eigenvalue weighted by Crippen LogP contribution is -2.60. The average Bonchev–Trinajstić information content (AvgIpc) is 3.12. The summed E-state index contributed by atoms with van der Waals surface area (Å²) in [6.45, 7) is 4.71. The molecule has 0 saturated heterocycles. The van der Waals surface area contributed by atoms with Gasteiger partial charge in [0.2, 0.25) is 0 Å². The van der Waals surface area contributed by atoms with Gasteiger partial charge in [-0.25, -0.2) is 0 Å². The second-order valence-electron chi connectivity index (χ2n) is 9.52. The summed E-state index contributed by atoms with van der Waals surface area (Å²) < 4.78 is 5.23. The van der Waals surface area contributed by atoms with Crippen molar-refractivity contribution in [3.8, 4) is 0 Å². The number of carbonyl (C=O) groups is 2. The summed E-state index contributed by atoms with van der Waals surface area (Å²) >= 11 is 0. The van der Waals surface area contributed by atoms with Crippen molar-refractivity contribution in [2.45, 2.75) is 44.9 Å². The quantitative estimate of drug-likeness (QED) is 0.778. The van der Waals surface area contributed by atoms with Crippen LogP contribution in [-0.2, 0) is 19.7 Å². The summed E-state index contributed by atoms with van der Waals surface area (Å²) in [5.41, 5.74) is 2.45. The van der Waals surface area contributed by atoms with E-state index in [9.17, 15) is 9.59 Å². The van der Waals surface area contributed by atoms with Gasteiger partial charge in [-0.15, -0.1) is 5.11 Å². The van der Waals surface area contributed by atoms with Crippen LogP contribution in [0.15, 0.2) is 63.2 Å². The predicted molar refractivity (Wildman–Crippen MR) is 107 cm³/mol. The van der Waals surface area contributed by atoms with Crippen molar-refractivity contribution in [3.63, 3.8) is 0 Å². The Morgan fingerprint density at radius 2 is 1.86 bits per heavy atom. The van der Waals surface area contributed by atoms with Gasteiger partial charge in [0.05, 0.1) is 19.1 Å². The summed E-state index contributed by atoms with van der Waals surface area (Å²) in [6, 6.07) is 9.78. The molecule has 0 radical (unpaired) electrons. The third-order valence-corrected chi connectivity index (χ3v) is 7.00. The Morgan fingerprint density at radius 1 is 1.14 bits per heavy atom. The normalized spacial score (nSPS) is 31.9. The lowest BCUT2D eigenvalue weighted by molar-refractivity contribution is -0.156. The maximum absolute atomic E-state index is 13.3. The highest BCUT2D eigenvalue weighted by molar-refractivity contribution is 6.01. The van der Waals surface area contributed by atoms with Crippen LogP contribution < -0.4 is 5.32 Å². The number of methoxy groups -OCH3 is 1. The fourth-order valence-electron chi connectivity index (χ4n) is 5.86. The number of fused-ring (bicyclic) bond motifs is 2. The first-order valence-corrected chi connectivity index (χ1v) is 10.1. The molecule has 1 saturated carbocycles. The number of dihydropyridines is 1. The van der Waals surface area contributed by atoms with Crippen LogP contribution in [0.25, 0.3) is 0 Å². The number of nitrogens with one attached hydrogen (secondary N) is 1. The number of esters is 1. The maximum atomic E-state index is 13.3. The van der Waals surface area contributed by atoms with Crippen molar-refractivity contribution >= 4 is 11.8 Å². The zero-order valence-electron chi connectivity index (χ0n) is 17.0. The van der Waals surface area contributed by atoms with Crippen molar-refractivity contribution in [1.82, 2.24) is 5.32 Å². The van der Waals surface area contributed by atoms with Gasteiger partial charge >= 0.3 is 5.97 Å². The first kappa shape index (κ1) is 18.3. The fourth-order valence-corrected chi connectivity index (χ4v) is 5.86. The smallest absolute Gasteiger partial charge is 0.316 e. The Kier molecular flexibility index (Phi) is 3.70. The molecule has 0 unspecified atom stereocenters. The van der Waals surface area contributed by atoms with E-state index in [0.29, 0.717) is 25.8 Å². The molecule has 0 atom stereocenters. The monoisotopic (exact) mass is 391 g/mol. The van der Waals surface area contributed by atoms with Crippen molar-refractivity contribution in [2.24, 2.45) is 21.1 Å². The highest BCUT2D eigenvalue weighted by Gasteiger charge is 2.67. The van der Waals surface area contributed by atoms with Gasteiger partial charge in [-0.2, -0.15) is 5.11 Å². The molecule has 5 rings (SSSR count). The van der Waals surface area contributed by atoms with E-state index in [-0.39, 0.29) is 17.2 Å². The molecule has 6 nitrogen and oxygen atoms in total. The Morgan fingerprint density at radius 3 is 2.55 bits per heavy atom. The zero-order chi connectivity index (χ0) is 20.4. The number of ketones is 1. The largest absolute Gasteiger partial charge is 0.468 e. The molecule has 4 aliphatic rings. The molecule has 1 N–H and O–H groups in total. The van der Waals surface area contributed by atoms with Crippen LogP contribution in [0.1, 0.15) is 45.1 Å². The summed E-state index contributed by atoms with van der Waals surface area (Å²) in [5.74, 6) is 0.696. The topological polar surface area (TPSA) is 80.1 Å². The van der Waals surface area contributed by atoms with E-state index < -0.39 is 10.8 Å². The molecule has 6 heteroatoms. The van der Waals surface area contributed by atoms with Gasteiger partial charge in [0, 0.05) is 28.7 Å². The SMILES string of the molecule is COC(=O)C1(c2ccccc2)CC2(C1)C1=C(N=NC1)NC1=C2C(=O)CC(C)(C)C1. The number of rotatable bonds is 2. The van der Waals surface area contributed by atoms with Crippen LogP contribution in [0.2, 0.25) is 0 Å². The molecule has 1 aromatic carbocycles. The molecular weight excluding hydrogens is 366 g/mol. The number of benzene rings is 1. The van der Waals surface area contributed by atoms with Gasteiger partial charge in [0.25, 0.3) is 0 Å². The third kappa shape index (κ3) is 2.41. The van der Waals surface area contributed by atoms with Gasteiger partial charge < -0.3 is 10.1 Å². The zero-order valence-corrected chi connectivity index (χ0v) is 17.0. The third-order valence-electron chi connectivity index (χ3n) is 7.00. The van der Waals surface area contributed by atoms with Crippen molar-refractivity contribution < 1.29 is 14.3 Å². The summed E-state index contributed by atoms with van der Waals surface area (Å²) in [4.78, 5) is 26.3. The van der Waals surface area contributed by atoms with Crippen LogP contribution >= 0.6 is 0 Å². The molecule has 1 spiro atoms. The standard InChI is InChI=1S/C23H25N3O3/c1-21(2)9-16-18(17(27)10-21)23(15-11-24-26-19(15)25-16)12-22(13-23,20(28)29-3)14-7-5-4-6-8-14/h4-8,25H,9-13H2,1-3H3. The van der Waals surface area contributed by atoms with Gasteiger partial charge in [0.1, 0.15) is 0 Å². The Hall–Kier alpha value is -2.76.